The lowest BCUT2D eigenvalue weighted by molar-refractivity contribution is 0.152. The van der Waals surface area contributed by atoms with E-state index in [4.69, 9.17) is 10.1 Å². The van der Waals surface area contributed by atoms with Crippen LogP contribution in [0.15, 0.2) is 24.3 Å². The van der Waals surface area contributed by atoms with Gasteiger partial charge >= 0.3 is 0 Å². The number of hydrogen-bond acceptors (Lipinski definition) is 3. The third-order valence-corrected chi connectivity index (χ3v) is 3.84. The summed E-state index contributed by atoms with van der Waals surface area (Å²) in [4.78, 5) is 4.55. The van der Waals surface area contributed by atoms with Crippen molar-refractivity contribution in [3.8, 4) is 0 Å². The minimum absolute atomic E-state index is 0.163. The first-order valence-electron chi connectivity index (χ1n) is 6.25. The summed E-state index contributed by atoms with van der Waals surface area (Å²) in [5.74, 6) is 0. The molecular formula is C15H17IN2O. The average molecular weight is 368 g/mol. The maximum atomic E-state index is 8.36. The van der Waals surface area contributed by atoms with Crippen LogP contribution in [0.1, 0.15) is 24.6 Å². The summed E-state index contributed by atoms with van der Waals surface area (Å²) >= 11 is 2.28. The van der Waals surface area contributed by atoms with Crippen LogP contribution in [0.5, 0.6) is 0 Å². The van der Waals surface area contributed by atoms with Gasteiger partial charge in [-0.25, -0.2) is 0 Å². The molecule has 2 rings (SSSR count). The molecule has 1 aromatic heterocycles. The maximum Gasteiger partial charge on any atom is 0.0987 e. The first-order valence-corrected chi connectivity index (χ1v) is 7.33. The Hall–Kier alpha value is -1.01. The molecule has 0 amide bonds. The van der Waals surface area contributed by atoms with Crippen molar-refractivity contribution in [1.29, 1.82) is 5.41 Å². The van der Waals surface area contributed by atoms with Crippen molar-refractivity contribution in [1.82, 2.24) is 4.98 Å². The fraction of sp³-hybridized carbons (Fsp3) is 0.333. The molecule has 0 spiro atoms. The third-order valence-electron chi connectivity index (χ3n) is 3.17. The van der Waals surface area contributed by atoms with Crippen LogP contribution in [0, 0.1) is 15.9 Å². The number of aryl methyl sites for hydroxylation is 1. The number of methoxy groups -OCH3 is 1. The Bertz CT molecular complexity index is 616. The number of ether oxygens (including phenoxy) is 1. The Morgan fingerprint density at radius 3 is 2.79 bits per heavy atom. The van der Waals surface area contributed by atoms with E-state index in [2.05, 4.69) is 27.6 Å². The monoisotopic (exact) mass is 368 g/mol. The first-order chi connectivity index (χ1) is 9.06. The molecule has 1 N–H and O–H groups in total. The van der Waals surface area contributed by atoms with Crippen molar-refractivity contribution in [3.63, 3.8) is 0 Å². The van der Waals surface area contributed by atoms with Gasteiger partial charge in [0.15, 0.2) is 0 Å². The summed E-state index contributed by atoms with van der Waals surface area (Å²) in [6.45, 7) is 3.99. The molecule has 100 valence electrons. The molecule has 3 nitrogen and oxygen atoms in total. The van der Waals surface area contributed by atoms with Crippen molar-refractivity contribution in [2.75, 3.05) is 7.11 Å². The molecule has 0 fully saturated rings. The van der Waals surface area contributed by atoms with Gasteiger partial charge in [0.25, 0.3) is 0 Å². The van der Waals surface area contributed by atoms with Gasteiger partial charge in [-0.2, -0.15) is 0 Å². The highest BCUT2D eigenvalue weighted by Crippen LogP contribution is 2.23. The van der Waals surface area contributed by atoms with Crippen LogP contribution >= 0.6 is 22.6 Å². The lowest BCUT2D eigenvalue weighted by Gasteiger charge is -2.16. The highest BCUT2D eigenvalue weighted by atomic mass is 127. The summed E-state index contributed by atoms with van der Waals surface area (Å²) in [5, 5.41) is 9.38. The molecule has 1 aromatic carbocycles. The molecule has 0 aliphatic carbocycles. The number of rotatable bonds is 4. The van der Waals surface area contributed by atoms with E-state index in [1.54, 1.807) is 7.11 Å². The SMILES string of the molecule is CC[C@H](OC)C(=N)c1cc(C)nc2cc(I)ccc12. The van der Waals surface area contributed by atoms with E-state index in [0.717, 1.165) is 32.2 Å². The maximum absolute atomic E-state index is 8.36. The summed E-state index contributed by atoms with van der Waals surface area (Å²) < 4.78 is 6.53. The highest BCUT2D eigenvalue weighted by molar-refractivity contribution is 14.1. The van der Waals surface area contributed by atoms with Gasteiger partial charge < -0.3 is 10.1 Å². The molecule has 0 aliphatic heterocycles. The summed E-state index contributed by atoms with van der Waals surface area (Å²) in [7, 11) is 1.65. The summed E-state index contributed by atoms with van der Waals surface area (Å²) in [6, 6.07) is 8.10. The predicted molar refractivity (Wildman–Crippen MR) is 87.1 cm³/mol. The molecule has 0 bridgehead atoms. The number of hydrogen-bond donors (Lipinski definition) is 1. The molecule has 0 saturated heterocycles. The third kappa shape index (κ3) is 2.95. The van der Waals surface area contributed by atoms with E-state index in [9.17, 15) is 0 Å². The van der Waals surface area contributed by atoms with E-state index in [0.29, 0.717) is 5.71 Å². The van der Waals surface area contributed by atoms with Crippen LogP contribution in [0.3, 0.4) is 0 Å². The minimum Gasteiger partial charge on any atom is -0.375 e. The number of nitrogens with one attached hydrogen (secondary N) is 1. The van der Waals surface area contributed by atoms with Crippen LogP contribution < -0.4 is 0 Å². The second-order valence-electron chi connectivity index (χ2n) is 4.52. The topological polar surface area (TPSA) is 46.0 Å². The van der Waals surface area contributed by atoms with Gasteiger partial charge in [-0.05, 0) is 54.1 Å². The number of fused-ring (bicyclic) bond motifs is 1. The Labute approximate surface area is 127 Å². The standard InChI is InChI=1S/C15H17IN2O/c1-4-14(19-3)15(17)12-7-9(2)18-13-8-10(16)5-6-11(12)13/h5-8,14,17H,4H2,1-3H3/t14-/m0/s1. The molecule has 0 aliphatic rings. The molecule has 2 aromatic rings. The largest absolute Gasteiger partial charge is 0.375 e. The second-order valence-corrected chi connectivity index (χ2v) is 5.76. The van der Waals surface area contributed by atoms with Crippen molar-refractivity contribution in [2.24, 2.45) is 0 Å². The van der Waals surface area contributed by atoms with Crippen molar-refractivity contribution in [3.05, 3.63) is 39.1 Å². The van der Waals surface area contributed by atoms with E-state index in [1.165, 1.54) is 0 Å². The van der Waals surface area contributed by atoms with Crippen LogP contribution in [-0.4, -0.2) is 23.9 Å². The normalized spacial score (nSPS) is 12.6. The fourth-order valence-corrected chi connectivity index (χ4v) is 2.69. The molecule has 0 unspecified atom stereocenters. The summed E-state index contributed by atoms with van der Waals surface area (Å²) in [5.41, 5.74) is 3.33. The molecule has 1 atom stereocenters. The molecule has 19 heavy (non-hydrogen) atoms. The van der Waals surface area contributed by atoms with E-state index < -0.39 is 0 Å². The second kappa shape index (κ2) is 5.96. The number of pyridine rings is 1. The molecule has 0 saturated carbocycles. The van der Waals surface area contributed by atoms with Crippen LogP contribution in [0.2, 0.25) is 0 Å². The predicted octanol–water partition coefficient (Wildman–Crippen LogP) is 3.94. The van der Waals surface area contributed by atoms with Gasteiger partial charge in [0.2, 0.25) is 0 Å². The van der Waals surface area contributed by atoms with Crippen molar-refractivity contribution >= 4 is 39.2 Å². The lowest BCUT2D eigenvalue weighted by atomic mass is 9.99. The van der Waals surface area contributed by atoms with Crippen LogP contribution in [0.4, 0.5) is 0 Å². The van der Waals surface area contributed by atoms with E-state index >= 15 is 0 Å². The van der Waals surface area contributed by atoms with Gasteiger partial charge in [0.1, 0.15) is 0 Å². The number of nitrogens with zero attached hydrogens (tertiary/aromatic N) is 1. The Morgan fingerprint density at radius 1 is 1.42 bits per heavy atom. The molecular weight excluding hydrogens is 351 g/mol. The lowest BCUT2D eigenvalue weighted by Crippen LogP contribution is -2.22. The van der Waals surface area contributed by atoms with Crippen molar-refractivity contribution < 1.29 is 4.74 Å². The Balaban J connectivity index is 2.62. The minimum atomic E-state index is -0.163. The Kier molecular flexibility index (Phi) is 4.52. The molecule has 1 heterocycles. The molecule has 4 heteroatoms. The Morgan fingerprint density at radius 2 is 2.16 bits per heavy atom. The number of aromatic nitrogens is 1. The zero-order valence-corrected chi connectivity index (χ0v) is 13.5. The smallest absolute Gasteiger partial charge is 0.0987 e. The zero-order chi connectivity index (χ0) is 14.0. The van der Waals surface area contributed by atoms with Crippen LogP contribution in [-0.2, 0) is 4.74 Å². The fourth-order valence-electron chi connectivity index (χ4n) is 2.22. The van der Waals surface area contributed by atoms with E-state index in [1.807, 2.05) is 38.1 Å². The van der Waals surface area contributed by atoms with Gasteiger partial charge in [-0.3, -0.25) is 4.98 Å². The highest BCUT2D eigenvalue weighted by Gasteiger charge is 2.17. The van der Waals surface area contributed by atoms with Gasteiger partial charge in [-0.1, -0.05) is 13.0 Å². The zero-order valence-electron chi connectivity index (χ0n) is 11.3. The number of benzene rings is 1. The average Bonchev–Trinajstić information content (AvgIpc) is 2.38. The number of halogens is 1. The van der Waals surface area contributed by atoms with Crippen molar-refractivity contribution in [2.45, 2.75) is 26.4 Å². The van der Waals surface area contributed by atoms with Gasteiger partial charge in [-0.15, -0.1) is 0 Å². The van der Waals surface area contributed by atoms with E-state index in [-0.39, 0.29) is 6.10 Å². The first kappa shape index (κ1) is 14.4. The quantitative estimate of drug-likeness (QED) is 0.656. The van der Waals surface area contributed by atoms with Gasteiger partial charge in [0, 0.05) is 27.3 Å². The molecule has 0 radical (unpaired) electrons. The van der Waals surface area contributed by atoms with Gasteiger partial charge in [0.05, 0.1) is 17.3 Å². The summed E-state index contributed by atoms with van der Waals surface area (Å²) in [6.07, 6.45) is 0.632. The van der Waals surface area contributed by atoms with Crippen LogP contribution in [0.25, 0.3) is 10.9 Å².